The number of pyridine rings is 1. The normalized spacial score (nSPS) is 11.5. The maximum absolute atomic E-state index is 6.22. The fraction of sp³-hybridized carbons (Fsp3) is 0.333. The molecule has 0 N–H and O–H groups in total. The first-order valence-electron chi connectivity index (χ1n) is 6.70. The monoisotopic (exact) mass is 273 g/mol. The molecule has 0 bridgehead atoms. The highest BCUT2D eigenvalue weighted by Crippen LogP contribution is 2.28. The summed E-state index contributed by atoms with van der Waals surface area (Å²) in [6, 6.07) is 8.08. The number of aryl methyl sites for hydroxylation is 1. The molecule has 0 atom stereocenters. The summed E-state index contributed by atoms with van der Waals surface area (Å²) in [5, 5.41) is 1.61. The zero-order valence-electron chi connectivity index (χ0n) is 10.9. The van der Waals surface area contributed by atoms with Gasteiger partial charge in [-0.05, 0) is 12.5 Å². The van der Waals surface area contributed by atoms with Gasteiger partial charge >= 0.3 is 0 Å². The van der Waals surface area contributed by atoms with Crippen LogP contribution in [-0.2, 0) is 6.54 Å². The SMILES string of the molecule is CCCCCn1cnc2c(Cl)nc3ccccc3c21. The standard InChI is InChI=1S/C15H16ClN3/c1-2-3-6-9-19-10-17-13-14(19)11-7-4-5-8-12(11)18-15(13)16/h4-5,7-8,10H,2-3,6,9H2,1H3. The van der Waals surface area contributed by atoms with Crippen LogP contribution in [0, 0.1) is 0 Å². The molecule has 0 amide bonds. The number of nitrogens with zero attached hydrogens (tertiary/aromatic N) is 3. The van der Waals surface area contributed by atoms with Crippen LogP contribution in [0.5, 0.6) is 0 Å². The lowest BCUT2D eigenvalue weighted by Crippen LogP contribution is -1.97. The van der Waals surface area contributed by atoms with Gasteiger partial charge in [-0.2, -0.15) is 0 Å². The Bertz CT molecular complexity index is 718. The van der Waals surface area contributed by atoms with Crippen LogP contribution >= 0.6 is 11.6 Å². The zero-order chi connectivity index (χ0) is 13.2. The van der Waals surface area contributed by atoms with Gasteiger partial charge in [-0.1, -0.05) is 49.6 Å². The number of halogens is 1. The van der Waals surface area contributed by atoms with E-state index in [4.69, 9.17) is 11.6 Å². The zero-order valence-corrected chi connectivity index (χ0v) is 11.7. The van der Waals surface area contributed by atoms with Gasteiger partial charge in [0.15, 0.2) is 5.15 Å². The molecule has 3 aromatic rings. The molecule has 4 heteroatoms. The second kappa shape index (κ2) is 5.17. The molecular formula is C15H16ClN3. The average molecular weight is 274 g/mol. The highest BCUT2D eigenvalue weighted by Gasteiger charge is 2.11. The molecule has 2 aromatic heterocycles. The van der Waals surface area contributed by atoms with Gasteiger partial charge in [-0.3, -0.25) is 0 Å². The number of rotatable bonds is 4. The maximum Gasteiger partial charge on any atom is 0.157 e. The number of unbranched alkanes of at least 4 members (excludes halogenated alkanes) is 2. The Balaban J connectivity index is 2.18. The Labute approximate surface area is 117 Å². The van der Waals surface area contributed by atoms with Gasteiger partial charge < -0.3 is 4.57 Å². The molecule has 0 spiro atoms. The molecule has 0 fully saturated rings. The van der Waals surface area contributed by atoms with E-state index in [1.807, 2.05) is 24.5 Å². The van der Waals surface area contributed by atoms with E-state index in [1.165, 1.54) is 12.8 Å². The molecule has 0 aliphatic carbocycles. The molecule has 0 radical (unpaired) electrons. The number of benzene rings is 1. The van der Waals surface area contributed by atoms with Crippen molar-refractivity contribution in [1.82, 2.24) is 14.5 Å². The summed E-state index contributed by atoms with van der Waals surface area (Å²) in [7, 11) is 0. The fourth-order valence-electron chi connectivity index (χ4n) is 2.45. The molecule has 0 aliphatic rings. The van der Waals surface area contributed by atoms with Crippen LogP contribution in [0.2, 0.25) is 5.15 Å². The molecule has 2 heterocycles. The van der Waals surface area contributed by atoms with Crippen molar-refractivity contribution in [3.05, 3.63) is 35.7 Å². The molecule has 1 aromatic carbocycles. The first-order valence-corrected chi connectivity index (χ1v) is 7.08. The van der Waals surface area contributed by atoms with E-state index >= 15 is 0 Å². The predicted molar refractivity (Wildman–Crippen MR) is 79.6 cm³/mol. The minimum atomic E-state index is 0.489. The fourth-order valence-corrected chi connectivity index (χ4v) is 2.68. The Morgan fingerprint density at radius 2 is 2.05 bits per heavy atom. The molecule has 3 rings (SSSR count). The summed E-state index contributed by atoms with van der Waals surface area (Å²) >= 11 is 6.22. The molecule has 0 aliphatic heterocycles. The van der Waals surface area contributed by atoms with Crippen LogP contribution in [0.3, 0.4) is 0 Å². The summed E-state index contributed by atoms with van der Waals surface area (Å²) in [6.07, 6.45) is 5.49. The highest BCUT2D eigenvalue weighted by atomic mass is 35.5. The van der Waals surface area contributed by atoms with Crippen molar-refractivity contribution in [2.45, 2.75) is 32.7 Å². The molecule has 0 saturated heterocycles. The Morgan fingerprint density at radius 1 is 1.21 bits per heavy atom. The second-order valence-corrected chi connectivity index (χ2v) is 5.12. The lowest BCUT2D eigenvalue weighted by molar-refractivity contribution is 0.614. The quantitative estimate of drug-likeness (QED) is 0.520. The molecule has 3 nitrogen and oxygen atoms in total. The van der Waals surface area contributed by atoms with Crippen molar-refractivity contribution in [3.63, 3.8) is 0 Å². The van der Waals surface area contributed by atoms with Crippen LogP contribution in [0.1, 0.15) is 26.2 Å². The van der Waals surface area contributed by atoms with Gasteiger partial charge in [0.1, 0.15) is 5.52 Å². The van der Waals surface area contributed by atoms with E-state index in [-0.39, 0.29) is 0 Å². The number of para-hydroxylation sites is 1. The van der Waals surface area contributed by atoms with Gasteiger partial charge in [0.2, 0.25) is 0 Å². The smallest absolute Gasteiger partial charge is 0.157 e. The third kappa shape index (κ3) is 2.19. The summed E-state index contributed by atoms with van der Waals surface area (Å²) in [4.78, 5) is 8.82. The number of aromatic nitrogens is 3. The third-order valence-corrected chi connectivity index (χ3v) is 3.68. The van der Waals surface area contributed by atoms with Crippen LogP contribution in [0.4, 0.5) is 0 Å². The summed E-state index contributed by atoms with van der Waals surface area (Å²) in [6.45, 7) is 3.19. The van der Waals surface area contributed by atoms with Crippen molar-refractivity contribution in [2.24, 2.45) is 0 Å². The van der Waals surface area contributed by atoms with Crippen molar-refractivity contribution in [1.29, 1.82) is 0 Å². The Kier molecular flexibility index (Phi) is 3.38. The highest BCUT2D eigenvalue weighted by molar-refractivity contribution is 6.35. The van der Waals surface area contributed by atoms with Crippen LogP contribution in [-0.4, -0.2) is 14.5 Å². The van der Waals surface area contributed by atoms with Crippen molar-refractivity contribution in [2.75, 3.05) is 0 Å². The van der Waals surface area contributed by atoms with E-state index in [0.717, 1.165) is 34.9 Å². The van der Waals surface area contributed by atoms with Crippen LogP contribution < -0.4 is 0 Å². The minimum absolute atomic E-state index is 0.489. The van der Waals surface area contributed by atoms with Gasteiger partial charge in [0.25, 0.3) is 0 Å². The number of hydrogen-bond acceptors (Lipinski definition) is 2. The van der Waals surface area contributed by atoms with Crippen LogP contribution in [0.15, 0.2) is 30.6 Å². The maximum atomic E-state index is 6.22. The first kappa shape index (κ1) is 12.4. The van der Waals surface area contributed by atoms with E-state index in [2.05, 4.69) is 27.5 Å². The summed E-state index contributed by atoms with van der Waals surface area (Å²) < 4.78 is 2.20. The lowest BCUT2D eigenvalue weighted by Gasteiger charge is -2.06. The third-order valence-electron chi connectivity index (χ3n) is 3.41. The minimum Gasteiger partial charge on any atom is -0.330 e. The molecular weight excluding hydrogens is 258 g/mol. The first-order chi connectivity index (χ1) is 9.31. The van der Waals surface area contributed by atoms with Gasteiger partial charge in [-0.25, -0.2) is 9.97 Å². The van der Waals surface area contributed by atoms with E-state index in [9.17, 15) is 0 Å². The number of hydrogen-bond donors (Lipinski definition) is 0. The number of imidazole rings is 1. The second-order valence-electron chi connectivity index (χ2n) is 4.76. The average Bonchev–Trinajstić information content (AvgIpc) is 2.84. The van der Waals surface area contributed by atoms with Gasteiger partial charge in [-0.15, -0.1) is 0 Å². The molecule has 98 valence electrons. The molecule has 0 unspecified atom stereocenters. The van der Waals surface area contributed by atoms with E-state index in [1.54, 1.807) is 0 Å². The topological polar surface area (TPSA) is 30.7 Å². The summed E-state index contributed by atoms with van der Waals surface area (Å²) in [5.41, 5.74) is 2.83. The van der Waals surface area contributed by atoms with Gasteiger partial charge in [0.05, 0.1) is 17.4 Å². The van der Waals surface area contributed by atoms with Gasteiger partial charge in [0, 0.05) is 11.9 Å². The molecule has 0 saturated carbocycles. The Hall–Kier alpha value is -1.61. The van der Waals surface area contributed by atoms with E-state index < -0.39 is 0 Å². The lowest BCUT2D eigenvalue weighted by atomic mass is 10.2. The largest absolute Gasteiger partial charge is 0.330 e. The van der Waals surface area contributed by atoms with Crippen molar-refractivity contribution in [3.8, 4) is 0 Å². The summed E-state index contributed by atoms with van der Waals surface area (Å²) in [5.74, 6) is 0. The predicted octanol–water partition coefficient (Wildman–Crippen LogP) is 4.43. The van der Waals surface area contributed by atoms with Crippen molar-refractivity contribution < 1.29 is 0 Å². The Morgan fingerprint density at radius 3 is 2.89 bits per heavy atom. The number of fused-ring (bicyclic) bond motifs is 3. The molecule has 19 heavy (non-hydrogen) atoms. The van der Waals surface area contributed by atoms with Crippen molar-refractivity contribution >= 4 is 33.5 Å². The van der Waals surface area contributed by atoms with E-state index in [0.29, 0.717) is 5.15 Å². The van der Waals surface area contributed by atoms with Crippen LogP contribution in [0.25, 0.3) is 21.9 Å².